The molecule has 1 aromatic heterocycles. The van der Waals surface area contributed by atoms with Crippen molar-refractivity contribution in [3.05, 3.63) is 64.7 Å². The van der Waals surface area contributed by atoms with Gasteiger partial charge in [-0.3, -0.25) is 0 Å². The highest BCUT2D eigenvalue weighted by atomic mass is 35.5. The van der Waals surface area contributed by atoms with Crippen LogP contribution in [-0.4, -0.2) is 9.55 Å². The number of benzene rings is 2. The number of fused-ring (bicyclic) bond motifs is 1. The smallest absolute Gasteiger partial charge is 0.151 e. The average Bonchev–Trinajstić information content (AvgIpc) is 2.93. The van der Waals surface area contributed by atoms with Crippen LogP contribution >= 0.6 is 11.6 Å². The molecular weight excluding hydrogens is 313 g/mol. The topological polar surface area (TPSA) is 41.6 Å². The summed E-state index contributed by atoms with van der Waals surface area (Å²) in [6.45, 7) is 2.63. The molecule has 0 unspecified atom stereocenters. The van der Waals surface area contributed by atoms with E-state index in [1.54, 1.807) is 6.07 Å². The first-order valence-corrected chi connectivity index (χ1v) is 7.55. The van der Waals surface area contributed by atoms with E-state index in [9.17, 15) is 9.65 Å². The minimum Gasteiger partial charge on any atom is -0.324 e. The van der Waals surface area contributed by atoms with Gasteiger partial charge in [-0.1, -0.05) is 29.8 Å². The van der Waals surface area contributed by atoms with Gasteiger partial charge in [-0.2, -0.15) is 5.26 Å². The molecular formula is C18H13ClFN3. The number of halogens is 2. The zero-order chi connectivity index (χ0) is 16.4. The number of para-hydroxylation sites is 2. The summed E-state index contributed by atoms with van der Waals surface area (Å²) in [6.07, 6.45) is 1.45. The molecule has 0 atom stereocenters. The molecule has 0 aliphatic rings. The molecule has 1 heterocycles. The predicted molar refractivity (Wildman–Crippen MR) is 90.3 cm³/mol. The third kappa shape index (κ3) is 2.71. The van der Waals surface area contributed by atoms with Crippen LogP contribution in [0.15, 0.2) is 42.5 Å². The Morgan fingerprint density at radius 1 is 1.30 bits per heavy atom. The summed E-state index contributed by atoms with van der Waals surface area (Å²) in [7, 11) is 0. The molecule has 5 heteroatoms. The molecule has 0 aliphatic carbocycles. The molecule has 0 saturated heterocycles. The van der Waals surface area contributed by atoms with Crippen molar-refractivity contribution in [3.8, 4) is 6.07 Å². The standard InChI is InChI=1S/C18H13ClFN3/c1-2-23-17-9-4-3-8-16(17)22-18(23)12(11-21)10-13-14(19)6-5-7-15(13)20/h3-10H,2H2,1H3/b12-10+. The first-order valence-electron chi connectivity index (χ1n) is 7.17. The fraction of sp³-hybridized carbons (Fsp3) is 0.111. The van der Waals surface area contributed by atoms with E-state index < -0.39 is 5.82 Å². The van der Waals surface area contributed by atoms with Crippen LogP contribution in [0.5, 0.6) is 0 Å². The Morgan fingerprint density at radius 2 is 2.09 bits per heavy atom. The molecule has 0 aliphatic heterocycles. The summed E-state index contributed by atoms with van der Waals surface area (Å²) in [5, 5.41) is 9.79. The third-order valence-electron chi connectivity index (χ3n) is 3.62. The summed E-state index contributed by atoms with van der Waals surface area (Å²) < 4.78 is 15.9. The second kappa shape index (κ2) is 6.23. The van der Waals surface area contributed by atoms with Crippen LogP contribution in [0.25, 0.3) is 22.7 Å². The van der Waals surface area contributed by atoms with Gasteiger partial charge in [-0.05, 0) is 37.3 Å². The van der Waals surface area contributed by atoms with E-state index in [1.807, 2.05) is 35.8 Å². The quantitative estimate of drug-likeness (QED) is 0.642. The molecule has 0 spiro atoms. The van der Waals surface area contributed by atoms with E-state index in [-0.39, 0.29) is 16.2 Å². The number of nitrogens with zero attached hydrogens (tertiary/aromatic N) is 3. The zero-order valence-electron chi connectivity index (χ0n) is 12.4. The molecule has 3 rings (SSSR count). The minimum atomic E-state index is -0.468. The monoisotopic (exact) mass is 325 g/mol. The van der Waals surface area contributed by atoms with E-state index in [0.717, 1.165) is 11.0 Å². The van der Waals surface area contributed by atoms with Gasteiger partial charge in [0.25, 0.3) is 0 Å². The van der Waals surface area contributed by atoms with Crippen LogP contribution in [0, 0.1) is 17.1 Å². The second-order valence-electron chi connectivity index (χ2n) is 4.97. The van der Waals surface area contributed by atoms with Gasteiger partial charge in [0.2, 0.25) is 0 Å². The summed E-state index contributed by atoms with van der Waals surface area (Å²) in [5.41, 5.74) is 2.20. The van der Waals surface area contributed by atoms with Crippen LogP contribution in [-0.2, 0) is 6.54 Å². The Labute approximate surface area is 138 Å². The Bertz CT molecular complexity index is 930. The maximum absolute atomic E-state index is 14.0. The maximum Gasteiger partial charge on any atom is 0.151 e. The lowest BCUT2D eigenvalue weighted by atomic mass is 10.1. The van der Waals surface area contributed by atoms with E-state index in [1.165, 1.54) is 18.2 Å². The van der Waals surface area contributed by atoms with Crippen LogP contribution < -0.4 is 0 Å². The number of aryl methyl sites for hydroxylation is 1. The summed E-state index contributed by atoms with van der Waals surface area (Å²) in [6, 6.07) is 14.2. The molecule has 0 saturated carbocycles. The fourth-order valence-electron chi connectivity index (χ4n) is 2.54. The van der Waals surface area contributed by atoms with Gasteiger partial charge < -0.3 is 4.57 Å². The van der Waals surface area contributed by atoms with Gasteiger partial charge in [-0.25, -0.2) is 9.37 Å². The van der Waals surface area contributed by atoms with Crippen molar-refractivity contribution in [1.82, 2.24) is 9.55 Å². The molecule has 0 fully saturated rings. The number of nitriles is 1. The van der Waals surface area contributed by atoms with Gasteiger partial charge >= 0.3 is 0 Å². The van der Waals surface area contributed by atoms with Gasteiger partial charge in [-0.15, -0.1) is 0 Å². The Kier molecular flexibility index (Phi) is 4.14. The summed E-state index contributed by atoms with van der Waals surface area (Å²) in [5.74, 6) is 0.0416. The number of hydrogen-bond acceptors (Lipinski definition) is 2. The fourth-order valence-corrected chi connectivity index (χ4v) is 2.76. The number of allylic oxidation sites excluding steroid dienone is 1. The van der Waals surface area contributed by atoms with Crippen LogP contribution in [0.3, 0.4) is 0 Å². The molecule has 0 bridgehead atoms. The van der Waals surface area contributed by atoms with Crippen LogP contribution in [0.1, 0.15) is 18.3 Å². The highest BCUT2D eigenvalue weighted by Gasteiger charge is 2.15. The van der Waals surface area contributed by atoms with Crippen molar-refractivity contribution < 1.29 is 4.39 Å². The van der Waals surface area contributed by atoms with E-state index in [4.69, 9.17) is 11.6 Å². The van der Waals surface area contributed by atoms with Crippen molar-refractivity contribution in [2.45, 2.75) is 13.5 Å². The maximum atomic E-state index is 14.0. The number of hydrogen-bond donors (Lipinski definition) is 0. The Morgan fingerprint density at radius 3 is 2.78 bits per heavy atom. The van der Waals surface area contributed by atoms with Crippen molar-refractivity contribution in [1.29, 1.82) is 5.26 Å². The lowest BCUT2D eigenvalue weighted by molar-refractivity contribution is 0.625. The van der Waals surface area contributed by atoms with Crippen molar-refractivity contribution in [2.75, 3.05) is 0 Å². The first-order chi connectivity index (χ1) is 11.2. The zero-order valence-corrected chi connectivity index (χ0v) is 13.2. The van der Waals surface area contributed by atoms with Gasteiger partial charge in [0.15, 0.2) is 5.82 Å². The number of rotatable bonds is 3. The van der Waals surface area contributed by atoms with E-state index in [2.05, 4.69) is 11.1 Å². The van der Waals surface area contributed by atoms with Crippen LogP contribution in [0.2, 0.25) is 5.02 Å². The lowest BCUT2D eigenvalue weighted by Crippen LogP contribution is -2.00. The summed E-state index contributed by atoms with van der Waals surface area (Å²) in [4.78, 5) is 4.52. The summed E-state index contributed by atoms with van der Waals surface area (Å²) >= 11 is 6.05. The first kappa shape index (κ1) is 15.3. The normalized spacial score (nSPS) is 11.7. The van der Waals surface area contributed by atoms with E-state index >= 15 is 0 Å². The second-order valence-corrected chi connectivity index (χ2v) is 5.38. The van der Waals surface area contributed by atoms with Crippen molar-refractivity contribution >= 4 is 34.3 Å². The molecule has 2 aromatic carbocycles. The highest BCUT2D eigenvalue weighted by molar-refractivity contribution is 6.32. The predicted octanol–water partition coefficient (Wildman–Crippen LogP) is 4.91. The molecule has 3 aromatic rings. The molecule has 3 nitrogen and oxygen atoms in total. The van der Waals surface area contributed by atoms with Gasteiger partial charge in [0, 0.05) is 12.1 Å². The average molecular weight is 326 g/mol. The van der Waals surface area contributed by atoms with Crippen LogP contribution in [0.4, 0.5) is 4.39 Å². The molecule has 23 heavy (non-hydrogen) atoms. The number of imidazole rings is 1. The van der Waals surface area contributed by atoms with Crippen molar-refractivity contribution in [3.63, 3.8) is 0 Å². The molecule has 0 radical (unpaired) electrons. The molecule has 0 N–H and O–H groups in total. The van der Waals surface area contributed by atoms with Gasteiger partial charge in [0.1, 0.15) is 11.9 Å². The van der Waals surface area contributed by atoms with E-state index in [0.29, 0.717) is 12.4 Å². The molecule has 114 valence electrons. The largest absolute Gasteiger partial charge is 0.324 e. The number of aromatic nitrogens is 2. The van der Waals surface area contributed by atoms with Gasteiger partial charge in [0.05, 0.1) is 21.6 Å². The Balaban J connectivity index is 2.23. The third-order valence-corrected chi connectivity index (χ3v) is 3.95. The minimum absolute atomic E-state index is 0.195. The SMILES string of the molecule is CCn1c(/C(C#N)=C/c2c(F)cccc2Cl)nc2ccccc21. The van der Waals surface area contributed by atoms with Crippen molar-refractivity contribution in [2.24, 2.45) is 0 Å². The highest BCUT2D eigenvalue weighted by Crippen LogP contribution is 2.27. The molecule has 0 amide bonds. The Hall–Kier alpha value is -2.64. The lowest BCUT2D eigenvalue weighted by Gasteiger charge is -2.06.